The molecule has 0 saturated heterocycles. The minimum atomic E-state index is 0.0110. The fourth-order valence-corrected chi connectivity index (χ4v) is 2.85. The van der Waals surface area contributed by atoms with Gasteiger partial charge in [0.25, 0.3) is 0 Å². The molecule has 0 bridgehead atoms. The highest BCUT2D eigenvalue weighted by atomic mass is 79.9. The fourth-order valence-electron chi connectivity index (χ4n) is 2.32. The highest BCUT2D eigenvalue weighted by Gasteiger charge is 2.20. The Morgan fingerprint density at radius 2 is 1.78 bits per heavy atom. The Labute approximate surface area is 115 Å². The van der Waals surface area contributed by atoms with Crippen LogP contribution in [0.1, 0.15) is 32.7 Å². The van der Waals surface area contributed by atoms with Crippen LogP contribution in [-0.2, 0) is 7.05 Å². The number of aryl methyl sites for hydroxylation is 4. The molecule has 94 valence electrons. The molecule has 1 heterocycles. The molecule has 0 aliphatic rings. The lowest BCUT2D eigenvalue weighted by atomic mass is 9.95. The van der Waals surface area contributed by atoms with Crippen molar-refractivity contribution in [1.82, 2.24) is 9.78 Å². The van der Waals surface area contributed by atoms with Gasteiger partial charge in [-0.3, -0.25) is 9.48 Å². The average molecular weight is 307 g/mol. The van der Waals surface area contributed by atoms with Gasteiger partial charge < -0.3 is 0 Å². The number of aromatic nitrogens is 2. The van der Waals surface area contributed by atoms with Crippen LogP contribution in [0.2, 0.25) is 0 Å². The van der Waals surface area contributed by atoms with Crippen molar-refractivity contribution in [3.05, 3.63) is 50.8 Å². The van der Waals surface area contributed by atoms with Crippen molar-refractivity contribution in [2.45, 2.75) is 20.8 Å². The lowest BCUT2D eigenvalue weighted by molar-refractivity contribution is 0.102. The first-order chi connectivity index (χ1) is 8.41. The van der Waals surface area contributed by atoms with Gasteiger partial charge in [-0.25, -0.2) is 0 Å². The zero-order valence-electron chi connectivity index (χ0n) is 10.9. The van der Waals surface area contributed by atoms with Gasteiger partial charge in [-0.15, -0.1) is 0 Å². The molecule has 1 aromatic carbocycles. The molecule has 3 nitrogen and oxygen atoms in total. The molecule has 0 spiro atoms. The number of halogens is 1. The van der Waals surface area contributed by atoms with Gasteiger partial charge in [0.15, 0.2) is 0 Å². The van der Waals surface area contributed by atoms with E-state index >= 15 is 0 Å². The summed E-state index contributed by atoms with van der Waals surface area (Å²) in [6.45, 7) is 5.98. The Morgan fingerprint density at radius 1 is 1.22 bits per heavy atom. The number of ketones is 1. The first-order valence-electron chi connectivity index (χ1n) is 5.72. The summed E-state index contributed by atoms with van der Waals surface area (Å²) in [4.78, 5) is 12.6. The first kappa shape index (κ1) is 13.0. The second-order valence-electron chi connectivity index (χ2n) is 4.57. The predicted molar refractivity (Wildman–Crippen MR) is 75.0 cm³/mol. The smallest absolute Gasteiger partial charge is 0.212 e. The van der Waals surface area contributed by atoms with Gasteiger partial charge in [-0.05, 0) is 47.8 Å². The maximum absolute atomic E-state index is 12.6. The maximum atomic E-state index is 12.6. The second kappa shape index (κ2) is 4.69. The number of hydrogen-bond donors (Lipinski definition) is 0. The van der Waals surface area contributed by atoms with E-state index in [-0.39, 0.29) is 5.78 Å². The van der Waals surface area contributed by atoms with Crippen LogP contribution in [0.25, 0.3) is 0 Å². The molecule has 18 heavy (non-hydrogen) atoms. The van der Waals surface area contributed by atoms with Crippen LogP contribution >= 0.6 is 15.9 Å². The Hall–Kier alpha value is -1.42. The Bertz CT molecular complexity index is 586. The molecule has 2 rings (SSSR count). The molecule has 1 aromatic heterocycles. The van der Waals surface area contributed by atoms with Crippen molar-refractivity contribution in [3.63, 3.8) is 0 Å². The average Bonchev–Trinajstić information content (AvgIpc) is 2.56. The van der Waals surface area contributed by atoms with Crippen LogP contribution in [0.4, 0.5) is 0 Å². The molecule has 0 fully saturated rings. The normalized spacial score (nSPS) is 10.7. The van der Waals surface area contributed by atoms with Gasteiger partial charge in [0.05, 0.1) is 10.7 Å². The van der Waals surface area contributed by atoms with Gasteiger partial charge in [0.1, 0.15) is 5.69 Å². The summed E-state index contributed by atoms with van der Waals surface area (Å²) in [5.41, 5.74) is 4.54. The minimum Gasteiger partial charge on any atom is -0.287 e. The Morgan fingerprint density at radius 3 is 2.22 bits per heavy atom. The van der Waals surface area contributed by atoms with Crippen LogP contribution in [0.15, 0.2) is 22.8 Å². The van der Waals surface area contributed by atoms with E-state index in [1.807, 2.05) is 32.9 Å². The van der Waals surface area contributed by atoms with E-state index in [4.69, 9.17) is 0 Å². The number of carbonyl (C=O) groups is 1. The summed E-state index contributed by atoms with van der Waals surface area (Å²) < 4.78 is 2.33. The standard InChI is InChI=1S/C14H15BrN2O/c1-8-5-9(2)12(10(3)6-8)14(18)13-11(15)7-16-17(13)4/h5-7H,1-4H3. The Kier molecular flexibility index (Phi) is 3.39. The van der Waals surface area contributed by atoms with Gasteiger partial charge in [-0.2, -0.15) is 5.10 Å². The summed E-state index contributed by atoms with van der Waals surface area (Å²) >= 11 is 3.37. The summed E-state index contributed by atoms with van der Waals surface area (Å²) in [6.07, 6.45) is 1.64. The molecule has 2 aromatic rings. The van der Waals surface area contributed by atoms with Crippen LogP contribution < -0.4 is 0 Å². The second-order valence-corrected chi connectivity index (χ2v) is 5.42. The van der Waals surface area contributed by atoms with E-state index in [1.54, 1.807) is 17.9 Å². The molecular weight excluding hydrogens is 292 g/mol. The van der Waals surface area contributed by atoms with E-state index in [1.165, 1.54) is 5.56 Å². The number of hydrogen-bond acceptors (Lipinski definition) is 2. The maximum Gasteiger partial charge on any atom is 0.212 e. The fraction of sp³-hybridized carbons (Fsp3) is 0.286. The quantitative estimate of drug-likeness (QED) is 0.798. The lowest BCUT2D eigenvalue weighted by Crippen LogP contribution is -2.12. The third-order valence-corrected chi connectivity index (χ3v) is 3.59. The zero-order valence-corrected chi connectivity index (χ0v) is 12.5. The van der Waals surface area contributed by atoms with Gasteiger partial charge in [-0.1, -0.05) is 17.7 Å². The summed E-state index contributed by atoms with van der Waals surface area (Å²) in [7, 11) is 1.77. The lowest BCUT2D eigenvalue weighted by Gasteiger charge is -2.10. The largest absolute Gasteiger partial charge is 0.287 e. The van der Waals surface area contributed by atoms with E-state index in [2.05, 4.69) is 21.0 Å². The Balaban J connectivity index is 2.60. The highest BCUT2D eigenvalue weighted by molar-refractivity contribution is 9.10. The molecule has 0 radical (unpaired) electrons. The van der Waals surface area contributed by atoms with Crippen molar-refractivity contribution < 1.29 is 4.79 Å². The molecule has 0 amide bonds. The number of benzene rings is 1. The number of rotatable bonds is 2. The van der Waals surface area contributed by atoms with Crippen LogP contribution in [0.3, 0.4) is 0 Å². The number of nitrogens with zero attached hydrogens (tertiary/aromatic N) is 2. The van der Waals surface area contributed by atoms with Crippen LogP contribution in [-0.4, -0.2) is 15.6 Å². The highest BCUT2D eigenvalue weighted by Crippen LogP contribution is 2.24. The summed E-state index contributed by atoms with van der Waals surface area (Å²) in [5.74, 6) is 0.0110. The third kappa shape index (κ3) is 2.12. The third-order valence-electron chi connectivity index (χ3n) is 3.01. The SMILES string of the molecule is Cc1cc(C)c(C(=O)c2c(Br)cnn2C)c(C)c1. The predicted octanol–water partition coefficient (Wildman–Crippen LogP) is 3.34. The van der Waals surface area contributed by atoms with Crippen molar-refractivity contribution in [2.75, 3.05) is 0 Å². The van der Waals surface area contributed by atoms with E-state index < -0.39 is 0 Å². The molecule has 0 aliphatic carbocycles. The van der Waals surface area contributed by atoms with Crippen molar-refractivity contribution in [2.24, 2.45) is 7.05 Å². The van der Waals surface area contributed by atoms with E-state index in [0.29, 0.717) is 5.69 Å². The van der Waals surface area contributed by atoms with E-state index in [0.717, 1.165) is 21.2 Å². The van der Waals surface area contributed by atoms with Crippen LogP contribution in [0.5, 0.6) is 0 Å². The number of carbonyl (C=O) groups excluding carboxylic acids is 1. The van der Waals surface area contributed by atoms with Crippen molar-refractivity contribution >= 4 is 21.7 Å². The topological polar surface area (TPSA) is 34.9 Å². The summed E-state index contributed by atoms with van der Waals surface area (Å²) in [6, 6.07) is 4.06. The van der Waals surface area contributed by atoms with E-state index in [9.17, 15) is 4.79 Å². The summed E-state index contributed by atoms with van der Waals surface area (Å²) in [5, 5.41) is 4.09. The molecule has 0 N–H and O–H groups in total. The molecule has 0 atom stereocenters. The van der Waals surface area contributed by atoms with Crippen molar-refractivity contribution in [3.8, 4) is 0 Å². The van der Waals surface area contributed by atoms with Crippen molar-refractivity contribution in [1.29, 1.82) is 0 Å². The molecule has 0 aliphatic heterocycles. The molecule has 0 saturated carbocycles. The molecule has 0 unspecified atom stereocenters. The van der Waals surface area contributed by atoms with Gasteiger partial charge >= 0.3 is 0 Å². The zero-order chi connectivity index (χ0) is 13.4. The van der Waals surface area contributed by atoms with Crippen LogP contribution in [0, 0.1) is 20.8 Å². The van der Waals surface area contributed by atoms with Gasteiger partial charge in [0, 0.05) is 12.6 Å². The van der Waals surface area contributed by atoms with Gasteiger partial charge in [0.2, 0.25) is 5.78 Å². The molecular formula is C14H15BrN2O. The monoisotopic (exact) mass is 306 g/mol. The first-order valence-corrected chi connectivity index (χ1v) is 6.51. The minimum absolute atomic E-state index is 0.0110. The molecule has 4 heteroatoms.